The monoisotopic (exact) mass is 399 g/mol. The van der Waals surface area contributed by atoms with Crippen LogP contribution in [-0.2, 0) is 16.0 Å². The van der Waals surface area contributed by atoms with E-state index in [1.807, 2.05) is 11.0 Å². The number of hydrogen-bond donors (Lipinski definition) is 2. The molecule has 2 amide bonds. The first-order chi connectivity index (χ1) is 14.0. The number of carbonyl (C=O) groups excluding carboxylic acids is 2. The quantitative estimate of drug-likeness (QED) is 0.706. The van der Waals surface area contributed by atoms with Gasteiger partial charge in [-0.25, -0.2) is 0 Å². The molecule has 2 aliphatic rings. The van der Waals surface area contributed by atoms with Crippen LogP contribution in [0, 0.1) is 11.3 Å². The van der Waals surface area contributed by atoms with E-state index in [1.54, 1.807) is 0 Å². The summed E-state index contributed by atoms with van der Waals surface area (Å²) in [6.07, 6.45) is 7.03. The highest BCUT2D eigenvalue weighted by Crippen LogP contribution is 2.29. The van der Waals surface area contributed by atoms with Crippen LogP contribution in [0.2, 0.25) is 0 Å². The second kappa shape index (κ2) is 10.2. The SMILES string of the molecule is CC(C)(CCCc1ccccc1)C(=O)N1CCCC(CNC(=O)C2CCCN2)C1. The van der Waals surface area contributed by atoms with Gasteiger partial charge in [0.2, 0.25) is 11.8 Å². The van der Waals surface area contributed by atoms with Crippen molar-refractivity contribution in [3.63, 3.8) is 0 Å². The average molecular weight is 400 g/mol. The summed E-state index contributed by atoms with van der Waals surface area (Å²) < 4.78 is 0. The van der Waals surface area contributed by atoms with Crippen molar-refractivity contribution in [1.82, 2.24) is 15.5 Å². The van der Waals surface area contributed by atoms with Gasteiger partial charge in [0.15, 0.2) is 0 Å². The maximum Gasteiger partial charge on any atom is 0.237 e. The molecule has 5 nitrogen and oxygen atoms in total. The number of benzene rings is 1. The van der Waals surface area contributed by atoms with Gasteiger partial charge in [-0.3, -0.25) is 9.59 Å². The zero-order chi connectivity index (χ0) is 20.7. The molecule has 2 heterocycles. The molecule has 29 heavy (non-hydrogen) atoms. The predicted octanol–water partition coefficient (Wildman–Crippen LogP) is 3.14. The molecule has 2 fully saturated rings. The number of likely N-dealkylation sites (tertiary alicyclic amines) is 1. The highest BCUT2D eigenvalue weighted by molar-refractivity contribution is 5.82. The first kappa shape index (κ1) is 21.8. The molecule has 0 saturated carbocycles. The van der Waals surface area contributed by atoms with Gasteiger partial charge in [0, 0.05) is 25.0 Å². The third-order valence-corrected chi connectivity index (χ3v) is 6.44. The van der Waals surface area contributed by atoms with E-state index in [2.05, 4.69) is 48.7 Å². The molecule has 2 atom stereocenters. The molecule has 5 heteroatoms. The number of rotatable bonds is 8. The van der Waals surface area contributed by atoms with Crippen molar-refractivity contribution in [2.45, 2.75) is 64.8 Å². The van der Waals surface area contributed by atoms with Crippen molar-refractivity contribution in [1.29, 1.82) is 0 Å². The fourth-order valence-electron chi connectivity index (χ4n) is 4.61. The third-order valence-electron chi connectivity index (χ3n) is 6.44. The molecule has 1 aromatic rings. The maximum atomic E-state index is 13.2. The Balaban J connectivity index is 1.44. The van der Waals surface area contributed by atoms with Gasteiger partial charge < -0.3 is 15.5 Å². The summed E-state index contributed by atoms with van der Waals surface area (Å²) in [4.78, 5) is 27.5. The largest absolute Gasteiger partial charge is 0.354 e. The van der Waals surface area contributed by atoms with E-state index < -0.39 is 0 Å². The highest BCUT2D eigenvalue weighted by atomic mass is 16.2. The minimum Gasteiger partial charge on any atom is -0.354 e. The molecule has 2 N–H and O–H groups in total. The smallest absolute Gasteiger partial charge is 0.237 e. The second-order valence-electron chi connectivity index (χ2n) is 9.38. The van der Waals surface area contributed by atoms with E-state index in [4.69, 9.17) is 0 Å². The van der Waals surface area contributed by atoms with Crippen molar-refractivity contribution in [3.05, 3.63) is 35.9 Å². The Morgan fingerprint density at radius 2 is 1.97 bits per heavy atom. The Morgan fingerprint density at radius 1 is 1.17 bits per heavy atom. The molecule has 2 aliphatic heterocycles. The molecule has 3 rings (SSSR count). The minimum absolute atomic E-state index is 0.0279. The number of aryl methyl sites for hydroxylation is 1. The van der Waals surface area contributed by atoms with E-state index in [-0.39, 0.29) is 23.3 Å². The topological polar surface area (TPSA) is 61.4 Å². The van der Waals surface area contributed by atoms with E-state index in [0.29, 0.717) is 12.5 Å². The van der Waals surface area contributed by atoms with Crippen LogP contribution < -0.4 is 10.6 Å². The molecule has 0 radical (unpaired) electrons. The number of carbonyl (C=O) groups is 2. The van der Waals surface area contributed by atoms with Crippen molar-refractivity contribution < 1.29 is 9.59 Å². The number of hydrogen-bond acceptors (Lipinski definition) is 3. The lowest BCUT2D eigenvalue weighted by Gasteiger charge is -2.38. The Morgan fingerprint density at radius 3 is 2.69 bits per heavy atom. The van der Waals surface area contributed by atoms with E-state index >= 15 is 0 Å². The van der Waals surface area contributed by atoms with E-state index in [1.165, 1.54) is 5.56 Å². The van der Waals surface area contributed by atoms with Gasteiger partial charge in [0.25, 0.3) is 0 Å². The molecule has 160 valence electrons. The summed E-state index contributed by atoms with van der Waals surface area (Å²) in [6.45, 7) is 7.38. The summed E-state index contributed by atoms with van der Waals surface area (Å²) in [6, 6.07) is 10.5. The summed E-state index contributed by atoms with van der Waals surface area (Å²) in [5, 5.41) is 6.35. The van der Waals surface area contributed by atoms with Crippen LogP contribution in [-0.4, -0.2) is 48.9 Å². The highest BCUT2D eigenvalue weighted by Gasteiger charge is 2.34. The second-order valence-corrected chi connectivity index (χ2v) is 9.38. The molecule has 0 spiro atoms. The van der Waals surface area contributed by atoms with Crippen LogP contribution in [0.15, 0.2) is 30.3 Å². The predicted molar refractivity (Wildman–Crippen MR) is 116 cm³/mol. The molecule has 2 saturated heterocycles. The van der Waals surface area contributed by atoms with Gasteiger partial charge in [-0.2, -0.15) is 0 Å². The number of nitrogens with one attached hydrogen (secondary N) is 2. The zero-order valence-corrected chi connectivity index (χ0v) is 18.1. The molecule has 1 aromatic carbocycles. The Kier molecular flexibility index (Phi) is 7.70. The standard InChI is InChI=1S/C24H37N3O2/c1-24(2,14-6-11-19-9-4-3-5-10-19)23(29)27-16-8-12-20(18-27)17-26-22(28)21-13-7-15-25-21/h3-5,9-10,20-21,25H,6-8,11-18H2,1-2H3,(H,26,28). The molecular weight excluding hydrogens is 362 g/mol. The summed E-state index contributed by atoms with van der Waals surface area (Å²) >= 11 is 0. The number of piperidine rings is 1. The maximum absolute atomic E-state index is 13.2. The van der Waals surface area contributed by atoms with E-state index in [9.17, 15) is 9.59 Å². The minimum atomic E-state index is -0.340. The number of nitrogens with zero attached hydrogens (tertiary/aromatic N) is 1. The molecule has 0 aliphatic carbocycles. The first-order valence-corrected chi connectivity index (χ1v) is 11.3. The van der Waals surface area contributed by atoms with Gasteiger partial charge in [-0.05, 0) is 63.0 Å². The van der Waals surface area contributed by atoms with Gasteiger partial charge in [0.1, 0.15) is 0 Å². The Labute approximate surface area is 175 Å². The van der Waals surface area contributed by atoms with Crippen molar-refractivity contribution in [2.24, 2.45) is 11.3 Å². The van der Waals surface area contributed by atoms with Gasteiger partial charge in [-0.15, -0.1) is 0 Å². The van der Waals surface area contributed by atoms with Crippen molar-refractivity contribution in [3.8, 4) is 0 Å². The Hall–Kier alpha value is -1.88. The third kappa shape index (κ3) is 6.30. The van der Waals surface area contributed by atoms with Crippen LogP contribution in [0.5, 0.6) is 0 Å². The van der Waals surface area contributed by atoms with Crippen LogP contribution in [0.1, 0.15) is 57.9 Å². The normalized spacial score (nSPS) is 22.5. The first-order valence-electron chi connectivity index (χ1n) is 11.3. The summed E-state index contributed by atoms with van der Waals surface area (Å²) in [5.74, 6) is 0.740. The fourth-order valence-corrected chi connectivity index (χ4v) is 4.61. The lowest BCUT2D eigenvalue weighted by Crippen LogP contribution is -2.49. The van der Waals surface area contributed by atoms with Crippen molar-refractivity contribution >= 4 is 11.8 Å². The van der Waals surface area contributed by atoms with Crippen LogP contribution in [0.25, 0.3) is 0 Å². The zero-order valence-electron chi connectivity index (χ0n) is 18.1. The molecule has 0 bridgehead atoms. The van der Waals surface area contributed by atoms with Crippen LogP contribution in [0.4, 0.5) is 0 Å². The lowest BCUT2D eigenvalue weighted by molar-refractivity contribution is -0.142. The van der Waals surface area contributed by atoms with Crippen LogP contribution in [0.3, 0.4) is 0 Å². The van der Waals surface area contributed by atoms with Gasteiger partial charge >= 0.3 is 0 Å². The van der Waals surface area contributed by atoms with Gasteiger partial charge in [0.05, 0.1) is 6.04 Å². The van der Waals surface area contributed by atoms with E-state index in [0.717, 1.165) is 64.6 Å². The summed E-state index contributed by atoms with van der Waals surface area (Å²) in [7, 11) is 0. The fraction of sp³-hybridized carbons (Fsp3) is 0.667. The molecule has 0 aromatic heterocycles. The van der Waals surface area contributed by atoms with Gasteiger partial charge in [-0.1, -0.05) is 44.2 Å². The lowest BCUT2D eigenvalue weighted by atomic mass is 9.84. The molecular formula is C24H37N3O2. The van der Waals surface area contributed by atoms with Crippen LogP contribution >= 0.6 is 0 Å². The Bertz CT molecular complexity index is 668. The summed E-state index contributed by atoms with van der Waals surface area (Å²) in [5.41, 5.74) is 0.995. The average Bonchev–Trinajstić information content (AvgIpc) is 3.27. The molecule has 2 unspecified atom stereocenters. The number of amides is 2. The van der Waals surface area contributed by atoms with Crippen molar-refractivity contribution in [2.75, 3.05) is 26.2 Å².